The number of nitrogens with one attached hydrogen (secondary N) is 1. The van der Waals surface area contributed by atoms with Crippen molar-refractivity contribution in [3.8, 4) is 0 Å². The average Bonchev–Trinajstić information content (AvgIpc) is 2.52. The zero-order valence-electron chi connectivity index (χ0n) is 13.2. The molecular formula is C18H19FN2O2. The van der Waals surface area contributed by atoms with Gasteiger partial charge in [-0.2, -0.15) is 0 Å². The Labute approximate surface area is 134 Å². The third-order valence-electron chi connectivity index (χ3n) is 3.52. The number of hydrogen-bond donors (Lipinski definition) is 1. The van der Waals surface area contributed by atoms with Crippen LogP contribution in [0.4, 0.5) is 10.1 Å². The number of hydrogen-bond acceptors (Lipinski definition) is 2. The van der Waals surface area contributed by atoms with E-state index in [1.807, 2.05) is 25.1 Å². The Morgan fingerprint density at radius 3 is 2.39 bits per heavy atom. The quantitative estimate of drug-likeness (QED) is 0.922. The van der Waals surface area contributed by atoms with Gasteiger partial charge in [0.15, 0.2) is 0 Å². The van der Waals surface area contributed by atoms with Gasteiger partial charge in [-0.05, 0) is 24.6 Å². The van der Waals surface area contributed by atoms with Crippen molar-refractivity contribution < 1.29 is 14.0 Å². The molecule has 0 atom stereocenters. The van der Waals surface area contributed by atoms with Crippen molar-refractivity contribution in [2.45, 2.75) is 20.4 Å². The van der Waals surface area contributed by atoms with Gasteiger partial charge in [-0.1, -0.05) is 36.4 Å². The van der Waals surface area contributed by atoms with E-state index in [1.165, 1.54) is 17.9 Å². The highest BCUT2D eigenvalue weighted by Crippen LogP contribution is 2.19. The van der Waals surface area contributed by atoms with Crippen molar-refractivity contribution in [2.75, 3.05) is 11.4 Å². The van der Waals surface area contributed by atoms with Crippen LogP contribution in [0.5, 0.6) is 0 Å². The van der Waals surface area contributed by atoms with Crippen LogP contribution in [0.15, 0.2) is 48.5 Å². The molecule has 5 heteroatoms. The summed E-state index contributed by atoms with van der Waals surface area (Å²) in [7, 11) is 0. The van der Waals surface area contributed by atoms with Gasteiger partial charge in [0.1, 0.15) is 12.4 Å². The lowest BCUT2D eigenvalue weighted by molar-refractivity contribution is -0.123. The maximum absolute atomic E-state index is 13.5. The molecule has 23 heavy (non-hydrogen) atoms. The van der Waals surface area contributed by atoms with Crippen molar-refractivity contribution in [1.29, 1.82) is 0 Å². The van der Waals surface area contributed by atoms with Crippen molar-refractivity contribution >= 4 is 17.5 Å². The second kappa shape index (κ2) is 7.54. The molecule has 2 rings (SSSR count). The summed E-state index contributed by atoms with van der Waals surface area (Å²) in [5.74, 6) is -0.929. The average molecular weight is 314 g/mol. The van der Waals surface area contributed by atoms with Gasteiger partial charge < -0.3 is 10.2 Å². The minimum atomic E-state index is -0.366. The van der Waals surface area contributed by atoms with E-state index in [-0.39, 0.29) is 30.7 Å². The molecule has 0 spiro atoms. The minimum Gasteiger partial charge on any atom is -0.350 e. The normalized spacial score (nSPS) is 10.2. The van der Waals surface area contributed by atoms with E-state index in [9.17, 15) is 14.0 Å². The maximum Gasteiger partial charge on any atom is 0.240 e. The molecule has 0 bridgehead atoms. The third kappa shape index (κ3) is 4.39. The van der Waals surface area contributed by atoms with E-state index in [0.29, 0.717) is 11.3 Å². The fraction of sp³-hybridized carbons (Fsp3) is 0.222. The van der Waals surface area contributed by atoms with E-state index in [2.05, 4.69) is 5.32 Å². The fourth-order valence-corrected chi connectivity index (χ4v) is 2.27. The first-order chi connectivity index (χ1) is 11.0. The van der Waals surface area contributed by atoms with E-state index in [1.54, 1.807) is 24.3 Å². The summed E-state index contributed by atoms with van der Waals surface area (Å²) in [5.41, 5.74) is 2.01. The number of halogens is 1. The molecular weight excluding hydrogens is 295 g/mol. The Morgan fingerprint density at radius 1 is 1.09 bits per heavy atom. The van der Waals surface area contributed by atoms with Crippen LogP contribution < -0.4 is 10.2 Å². The smallest absolute Gasteiger partial charge is 0.240 e. The number of carbonyl (C=O) groups is 2. The molecule has 1 N–H and O–H groups in total. The zero-order valence-corrected chi connectivity index (χ0v) is 13.2. The standard InChI is InChI=1S/C18H19FN2O2/c1-13-7-3-6-10-17(13)21(14(2)22)12-18(23)20-11-15-8-4-5-9-16(15)19/h3-10H,11-12H2,1-2H3,(H,20,23). The molecule has 0 unspecified atom stereocenters. The number of rotatable bonds is 5. The minimum absolute atomic E-state index is 0.0883. The lowest BCUT2D eigenvalue weighted by Crippen LogP contribution is -2.40. The van der Waals surface area contributed by atoms with Gasteiger partial charge in [0, 0.05) is 24.7 Å². The Morgan fingerprint density at radius 2 is 1.74 bits per heavy atom. The summed E-state index contributed by atoms with van der Waals surface area (Å²) in [4.78, 5) is 25.4. The van der Waals surface area contributed by atoms with E-state index >= 15 is 0 Å². The lowest BCUT2D eigenvalue weighted by Gasteiger charge is -2.22. The van der Waals surface area contributed by atoms with Crippen molar-refractivity contribution in [3.05, 3.63) is 65.5 Å². The molecule has 0 heterocycles. The van der Waals surface area contributed by atoms with E-state index in [4.69, 9.17) is 0 Å². The highest BCUT2D eigenvalue weighted by molar-refractivity contribution is 5.98. The Balaban J connectivity index is 2.03. The van der Waals surface area contributed by atoms with Crippen LogP contribution in [0.1, 0.15) is 18.1 Å². The molecule has 0 aliphatic heterocycles. The van der Waals surface area contributed by atoms with Gasteiger partial charge in [0.25, 0.3) is 0 Å². The summed E-state index contributed by atoms with van der Waals surface area (Å²) >= 11 is 0. The molecule has 2 aromatic rings. The number of amides is 2. The van der Waals surface area contributed by atoms with Gasteiger partial charge in [-0.3, -0.25) is 9.59 Å². The molecule has 0 saturated heterocycles. The highest BCUT2D eigenvalue weighted by atomic mass is 19.1. The van der Waals surface area contributed by atoms with Crippen LogP contribution in [0.25, 0.3) is 0 Å². The molecule has 0 aliphatic rings. The van der Waals surface area contributed by atoms with Crippen LogP contribution in [0.2, 0.25) is 0 Å². The molecule has 120 valence electrons. The molecule has 2 amide bonds. The molecule has 0 fully saturated rings. The topological polar surface area (TPSA) is 49.4 Å². The number of anilines is 1. The predicted octanol–water partition coefficient (Wildman–Crippen LogP) is 2.80. The SMILES string of the molecule is CC(=O)N(CC(=O)NCc1ccccc1F)c1ccccc1C. The summed E-state index contributed by atoms with van der Waals surface area (Å²) in [6.07, 6.45) is 0. The number of benzene rings is 2. The predicted molar refractivity (Wildman–Crippen MR) is 87.5 cm³/mol. The molecule has 0 aromatic heterocycles. The van der Waals surface area contributed by atoms with Gasteiger partial charge in [0.05, 0.1) is 0 Å². The van der Waals surface area contributed by atoms with Crippen LogP contribution in [0, 0.1) is 12.7 Å². The van der Waals surface area contributed by atoms with Gasteiger partial charge in [0.2, 0.25) is 11.8 Å². The lowest BCUT2D eigenvalue weighted by atomic mass is 10.1. The van der Waals surface area contributed by atoms with E-state index in [0.717, 1.165) is 5.56 Å². The Kier molecular flexibility index (Phi) is 5.46. The van der Waals surface area contributed by atoms with Crippen LogP contribution in [0.3, 0.4) is 0 Å². The largest absolute Gasteiger partial charge is 0.350 e. The number of nitrogens with zero attached hydrogens (tertiary/aromatic N) is 1. The van der Waals surface area contributed by atoms with Crippen LogP contribution in [-0.2, 0) is 16.1 Å². The summed E-state index contributed by atoms with van der Waals surface area (Å²) in [5, 5.41) is 2.64. The summed E-state index contributed by atoms with van der Waals surface area (Å²) < 4.78 is 13.5. The highest BCUT2D eigenvalue weighted by Gasteiger charge is 2.17. The van der Waals surface area contributed by atoms with Crippen molar-refractivity contribution in [1.82, 2.24) is 5.32 Å². The van der Waals surface area contributed by atoms with E-state index < -0.39 is 0 Å². The summed E-state index contributed by atoms with van der Waals surface area (Å²) in [6.45, 7) is 3.28. The molecule has 0 radical (unpaired) electrons. The third-order valence-corrected chi connectivity index (χ3v) is 3.52. The number of carbonyl (C=O) groups excluding carboxylic acids is 2. The molecule has 4 nitrogen and oxygen atoms in total. The number of para-hydroxylation sites is 1. The Bertz CT molecular complexity index is 716. The molecule has 2 aromatic carbocycles. The molecule has 0 aliphatic carbocycles. The maximum atomic E-state index is 13.5. The first kappa shape index (κ1) is 16.7. The molecule has 0 saturated carbocycles. The zero-order chi connectivity index (χ0) is 16.8. The number of aryl methyl sites for hydroxylation is 1. The van der Waals surface area contributed by atoms with Crippen molar-refractivity contribution in [2.24, 2.45) is 0 Å². The summed E-state index contributed by atoms with van der Waals surface area (Å²) in [6, 6.07) is 13.6. The first-order valence-electron chi connectivity index (χ1n) is 7.33. The Hall–Kier alpha value is -2.69. The van der Waals surface area contributed by atoms with Crippen LogP contribution >= 0.6 is 0 Å². The second-order valence-electron chi connectivity index (χ2n) is 5.26. The van der Waals surface area contributed by atoms with Crippen LogP contribution in [-0.4, -0.2) is 18.4 Å². The first-order valence-corrected chi connectivity index (χ1v) is 7.33. The van der Waals surface area contributed by atoms with Gasteiger partial charge in [-0.25, -0.2) is 4.39 Å². The fourth-order valence-electron chi connectivity index (χ4n) is 2.27. The van der Waals surface area contributed by atoms with Crippen molar-refractivity contribution in [3.63, 3.8) is 0 Å². The van der Waals surface area contributed by atoms with Gasteiger partial charge >= 0.3 is 0 Å². The monoisotopic (exact) mass is 314 g/mol. The van der Waals surface area contributed by atoms with Gasteiger partial charge in [-0.15, -0.1) is 0 Å². The second-order valence-corrected chi connectivity index (χ2v) is 5.26.